The zero-order chi connectivity index (χ0) is 15.9. The normalized spacial score (nSPS) is 19.8. The van der Waals surface area contributed by atoms with Gasteiger partial charge in [0.05, 0.1) is 12.6 Å². The molecule has 2 atom stereocenters. The van der Waals surface area contributed by atoms with Gasteiger partial charge in [0.25, 0.3) is 0 Å². The van der Waals surface area contributed by atoms with Crippen LogP contribution in [0.4, 0.5) is 0 Å². The Hall–Kier alpha value is -1.88. The molecule has 0 spiro atoms. The Balaban J connectivity index is 1.95. The van der Waals surface area contributed by atoms with Crippen LogP contribution >= 0.6 is 0 Å². The average molecular weight is 304 g/mol. The second-order valence-electron chi connectivity index (χ2n) is 5.79. The predicted molar refractivity (Wildman–Crippen MR) is 84.5 cm³/mol. The molecule has 120 valence electrons. The number of carbonyl (C=O) groups excluding carboxylic acids is 1. The standard InChI is InChI=1S/C17H24N2O3/c1-2-7-14(13-8-4-3-5-9-13)18-16(20)12-19-11-6-10-15(19)17(21)22/h3-5,8-9,14-15H,2,6-7,10-12H2,1H3,(H,18,20)(H,21,22). The third kappa shape index (κ3) is 4.31. The molecule has 1 aliphatic heterocycles. The molecule has 1 heterocycles. The smallest absolute Gasteiger partial charge is 0.320 e. The topological polar surface area (TPSA) is 69.6 Å². The molecule has 0 aromatic heterocycles. The first-order valence-electron chi connectivity index (χ1n) is 7.93. The summed E-state index contributed by atoms with van der Waals surface area (Å²) < 4.78 is 0. The highest BCUT2D eigenvalue weighted by molar-refractivity contribution is 5.80. The lowest BCUT2D eigenvalue weighted by Gasteiger charge is -2.23. The van der Waals surface area contributed by atoms with E-state index < -0.39 is 12.0 Å². The van der Waals surface area contributed by atoms with Gasteiger partial charge in [-0.15, -0.1) is 0 Å². The van der Waals surface area contributed by atoms with Gasteiger partial charge < -0.3 is 10.4 Å². The first-order chi connectivity index (χ1) is 10.6. The van der Waals surface area contributed by atoms with E-state index in [-0.39, 0.29) is 18.5 Å². The van der Waals surface area contributed by atoms with Crippen LogP contribution in [0.2, 0.25) is 0 Å². The third-order valence-corrected chi connectivity index (χ3v) is 4.11. The minimum Gasteiger partial charge on any atom is -0.480 e. The molecule has 22 heavy (non-hydrogen) atoms. The van der Waals surface area contributed by atoms with Crippen molar-refractivity contribution >= 4 is 11.9 Å². The molecule has 1 fully saturated rings. The summed E-state index contributed by atoms with van der Waals surface area (Å²) in [6, 6.07) is 9.37. The van der Waals surface area contributed by atoms with Crippen molar-refractivity contribution in [2.75, 3.05) is 13.1 Å². The molecule has 5 nitrogen and oxygen atoms in total. The molecule has 0 bridgehead atoms. The Morgan fingerprint density at radius 1 is 1.36 bits per heavy atom. The van der Waals surface area contributed by atoms with E-state index in [0.29, 0.717) is 13.0 Å². The van der Waals surface area contributed by atoms with E-state index in [9.17, 15) is 9.59 Å². The number of nitrogens with one attached hydrogen (secondary N) is 1. The number of carboxylic acid groups (broad SMARTS) is 1. The Morgan fingerprint density at radius 3 is 2.73 bits per heavy atom. The van der Waals surface area contributed by atoms with Crippen LogP contribution in [-0.2, 0) is 9.59 Å². The number of aliphatic carboxylic acids is 1. The van der Waals surface area contributed by atoms with E-state index in [1.165, 1.54) is 0 Å². The van der Waals surface area contributed by atoms with Gasteiger partial charge in [0.1, 0.15) is 6.04 Å². The third-order valence-electron chi connectivity index (χ3n) is 4.11. The van der Waals surface area contributed by atoms with Crippen molar-refractivity contribution < 1.29 is 14.7 Å². The van der Waals surface area contributed by atoms with Crippen LogP contribution in [0, 0.1) is 0 Å². The van der Waals surface area contributed by atoms with Crippen LogP contribution < -0.4 is 5.32 Å². The van der Waals surface area contributed by atoms with Gasteiger partial charge in [0.15, 0.2) is 0 Å². The van der Waals surface area contributed by atoms with Gasteiger partial charge in [-0.1, -0.05) is 43.7 Å². The van der Waals surface area contributed by atoms with Gasteiger partial charge in [-0.2, -0.15) is 0 Å². The summed E-state index contributed by atoms with van der Waals surface area (Å²) in [6.45, 7) is 2.92. The Bertz CT molecular complexity index is 504. The van der Waals surface area contributed by atoms with Crippen LogP contribution in [-0.4, -0.2) is 41.0 Å². The van der Waals surface area contributed by atoms with Gasteiger partial charge in [-0.3, -0.25) is 14.5 Å². The molecule has 0 saturated carbocycles. The molecule has 2 N–H and O–H groups in total. The van der Waals surface area contributed by atoms with Crippen molar-refractivity contribution in [1.29, 1.82) is 0 Å². The highest BCUT2D eigenvalue weighted by Crippen LogP contribution is 2.19. The summed E-state index contributed by atoms with van der Waals surface area (Å²) in [7, 11) is 0. The van der Waals surface area contributed by atoms with Crippen molar-refractivity contribution in [3.05, 3.63) is 35.9 Å². The summed E-state index contributed by atoms with van der Waals surface area (Å²) in [6.07, 6.45) is 3.31. The number of likely N-dealkylation sites (tertiary alicyclic amines) is 1. The number of carbonyl (C=O) groups is 2. The van der Waals surface area contributed by atoms with Crippen molar-refractivity contribution in [3.63, 3.8) is 0 Å². The molecule has 1 aromatic rings. The molecule has 1 amide bonds. The quantitative estimate of drug-likeness (QED) is 0.810. The molecule has 5 heteroatoms. The maximum atomic E-state index is 12.3. The fraction of sp³-hybridized carbons (Fsp3) is 0.529. The van der Waals surface area contributed by atoms with E-state index in [4.69, 9.17) is 5.11 Å². The number of hydrogen-bond donors (Lipinski definition) is 2. The van der Waals surface area contributed by atoms with E-state index >= 15 is 0 Å². The highest BCUT2D eigenvalue weighted by Gasteiger charge is 2.31. The number of benzene rings is 1. The summed E-state index contributed by atoms with van der Waals surface area (Å²) >= 11 is 0. The Kier molecular flexibility index (Phi) is 5.95. The van der Waals surface area contributed by atoms with E-state index in [2.05, 4.69) is 12.2 Å². The summed E-state index contributed by atoms with van der Waals surface area (Å²) in [4.78, 5) is 25.2. The molecular weight excluding hydrogens is 280 g/mol. The molecular formula is C17H24N2O3. The van der Waals surface area contributed by atoms with Crippen molar-refractivity contribution in [2.45, 2.75) is 44.7 Å². The minimum absolute atomic E-state index is 0.00965. The largest absolute Gasteiger partial charge is 0.480 e. The molecule has 1 aromatic carbocycles. The molecule has 1 saturated heterocycles. The predicted octanol–water partition coefficient (Wildman–Crippen LogP) is 2.19. The van der Waals surface area contributed by atoms with Gasteiger partial charge in [0.2, 0.25) is 5.91 Å². The molecule has 2 unspecified atom stereocenters. The summed E-state index contributed by atoms with van der Waals surface area (Å²) in [5.41, 5.74) is 1.09. The fourth-order valence-corrected chi connectivity index (χ4v) is 3.02. The number of amides is 1. The molecule has 0 aliphatic carbocycles. The van der Waals surface area contributed by atoms with E-state index in [0.717, 1.165) is 24.8 Å². The highest BCUT2D eigenvalue weighted by atomic mass is 16.4. The van der Waals surface area contributed by atoms with Crippen molar-refractivity contribution in [1.82, 2.24) is 10.2 Å². The molecule has 1 aliphatic rings. The zero-order valence-electron chi connectivity index (χ0n) is 13.0. The van der Waals surface area contributed by atoms with Crippen molar-refractivity contribution in [2.24, 2.45) is 0 Å². The zero-order valence-corrected chi connectivity index (χ0v) is 13.0. The Labute approximate surface area is 131 Å². The maximum Gasteiger partial charge on any atom is 0.320 e. The monoisotopic (exact) mass is 304 g/mol. The number of nitrogens with zero attached hydrogens (tertiary/aromatic N) is 1. The van der Waals surface area contributed by atoms with Crippen molar-refractivity contribution in [3.8, 4) is 0 Å². The lowest BCUT2D eigenvalue weighted by atomic mass is 10.0. The van der Waals surface area contributed by atoms with E-state index in [1.54, 1.807) is 4.90 Å². The fourth-order valence-electron chi connectivity index (χ4n) is 3.02. The number of carboxylic acids is 1. The van der Waals surface area contributed by atoms with Gasteiger partial charge in [-0.25, -0.2) is 0 Å². The van der Waals surface area contributed by atoms with E-state index in [1.807, 2.05) is 30.3 Å². The Morgan fingerprint density at radius 2 is 2.09 bits per heavy atom. The van der Waals surface area contributed by atoms with Crippen LogP contribution in [0.25, 0.3) is 0 Å². The number of rotatable bonds is 7. The van der Waals surface area contributed by atoms with Gasteiger partial charge in [-0.05, 0) is 31.4 Å². The second kappa shape index (κ2) is 7.94. The molecule has 2 rings (SSSR count). The maximum absolute atomic E-state index is 12.3. The SMILES string of the molecule is CCCC(NC(=O)CN1CCCC1C(=O)O)c1ccccc1. The first-order valence-corrected chi connectivity index (χ1v) is 7.93. The van der Waals surface area contributed by atoms with Crippen LogP contribution in [0.3, 0.4) is 0 Å². The van der Waals surface area contributed by atoms with Gasteiger partial charge in [0, 0.05) is 0 Å². The lowest BCUT2D eigenvalue weighted by molar-refractivity contribution is -0.142. The summed E-state index contributed by atoms with van der Waals surface area (Å²) in [5.74, 6) is -0.936. The molecule has 0 radical (unpaired) electrons. The number of hydrogen-bond acceptors (Lipinski definition) is 3. The van der Waals surface area contributed by atoms with Crippen LogP contribution in [0.1, 0.15) is 44.2 Å². The first kappa shape index (κ1) is 16.5. The van der Waals surface area contributed by atoms with Crippen LogP contribution in [0.5, 0.6) is 0 Å². The second-order valence-corrected chi connectivity index (χ2v) is 5.79. The van der Waals surface area contributed by atoms with Crippen LogP contribution in [0.15, 0.2) is 30.3 Å². The summed E-state index contributed by atoms with van der Waals surface area (Å²) in [5, 5.41) is 12.2. The average Bonchev–Trinajstić information content (AvgIpc) is 2.96. The minimum atomic E-state index is -0.835. The van der Waals surface area contributed by atoms with Gasteiger partial charge >= 0.3 is 5.97 Å². The lowest BCUT2D eigenvalue weighted by Crippen LogP contribution is -2.43.